The molecule has 0 spiro atoms. The molecule has 5 heteroatoms. The van der Waals surface area contributed by atoms with Gasteiger partial charge in [-0.2, -0.15) is 5.26 Å². The van der Waals surface area contributed by atoms with Crippen LogP contribution < -0.4 is 0 Å². The Hall–Kier alpha value is -1.41. The molecule has 1 aromatic rings. The van der Waals surface area contributed by atoms with E-state index in [0.717, 1.165) is 29.8 Å². The van der Waals surface area contributed by atoms with Crippen LogP contribution in [-0.2, 0) is 11.3 Å². The molecular weight excluding hydrogens is 258 g/mol. The molecule has 19 heavy (non-hydrogen) atoms. The normalized spacial score (nSPS) is 17.7. The molecule has 0 N–H and O–H groups in total. The fraction of sp³-hybridized carbons (Fsp3) is 0.643. The molecule has 1 amide bonds. The van der Waals surface area contributed by atoms with Crippen molar-refractivity contribution in [1.82, 2.24) is 9.88 Å². The summed E-state index contributed by atoms with van der Waals surface area (Å²) in [6.07, 6.45) is 4.50. The Kier molecular flexibility index (Phi) is 4.20. The number of amides is 1. The van der Waals surface area contributed by atoms with Crippen LogP contribution in [0.15, 0.2) is 5.51 Å². The Morgan fingerprint density at radius 1 is 1.53 bits per heavy atom. The van der Waals surface area contributed by atoms with Gasteiger partial charge in [0.1, 0.15) is 5.41 Å². The molecular formula is C14H19N3OS. The van der Waals surface area contributed by atoms with Gasteiger partial charge in [0.2, 0.25) is 5.91 Å². The third-order valence-electron chi connectivity index (χ3n) is 3.90. The highest BCUT2D eigenvalue weighted by Gasteiger charge is 2.41. The van der Waals surface area contributed by atoms with Gasteiger partial charge in [0.15, 0.2) is 0 Å². The minimum Gasteiger partial charge on any atom is -0.339 e. The molecule has 0 aliphatic heterocycles. The van der Waals surface area contributed by atoms with Gasteiger partial charge in [0, 0.05) is 11.9 Å². The molecule has 1 fully saturated rings. The van der Waals surface area contributed by atoms with Crippen LogP contribution in [0.5, 0.6) is 0 Å². The number of carbonyl (C=O) groups is 1. The van der Waals surface area contributed by atoms with Crippen molar-refractivity contribution in [2.24, 2.45) is 5.41 Å². The van der Waals surface area contributed by atoms with Crippen molar-refractivity contribution in [3.05, 3.63) is 16.1 Å². The molecule has 1 aromatic heterocycles. The lowest BCUT2D eigenvalue weighted by atomic mass is 9.74. The van der Waals surface area contributed by atoms with Gasteiger partial charge in [-0.05, 0) is 19.8 Å². The first-order valence-electron chi connectivity index (χ1n) is 6.65. The number of carbonyl (C=O) groups excluding carboxylic acids is 1. The van der Waals surface area contributed by atoms with Crippen LogP contribution in [-0.4, -0.2) is 22.8 Å². The fourth-order valence-corrected chi connectivity index (χ4v) is 3.49. The summed E-state index contributed by atoms with van der Waals surface area (Å²) in [4.78, 5) is 19.6. The number of hydrogen-bond acceptors (Lipinski definition) is 4. The van der Waals surface area contributed by atoms with E-state index in [4.69, 9.17) is 0 Å². The zero-order valence-electron chi connectivity index (χ0n) is 11.5. The number of aromatic nitrogens is 1. The first-order chi connectivity index (χ1) is 9.09. The number of nitriles is 1. The zero-order valence-corrected chi connectivity index (χ0v) is 12.3. The maximum Gasteiger partial charge on any atom is 0.243 e. The third-order valence-corrected chi connectivity index (χ3v) is 4.82. The molecule has 0 saturated heterocycles. The quantitative estimate of drug-likeness (QED) is 0.853. The summed E-state index contributed by atoms with van der Waals surface area (Å²) >= 11 is 1.56. The molecule has 102 valence electrons. The Labute approximate surface area is 118 Å². The Balaban J connectivity index is 2.10. The SMILES string of the molecule is Cc1ncsc1CN(C)C(=O)C1(C#N)CCCCC1. The van der Waals surface area contributed by atoms with Gasteiger partial charge < -0.3 is 4.90 Å². The van der Waals surface area contributed by atoms with Crippen molar-refractivity contribution in [2.45, 2.75) is 45.6 Å². The average Bonchev–Trinajstić information content (AvgIpc) is 2.84. The van der Waals surface area contributed by atoms with Crippen molar-refractivity contribution < 1.29 is 4.79 Å². The largest absolute Gasteiger partial charge is 0.339 e. The zero-order chi connectivity index (χ0) is 13.9. The van der Waals surface area contributed by atoms with Gasteiger partial charge in [-0.15, -0.1) is 11.3 Å². The van der Waals surface area contributed by atoms with Gasteiger partial charge >= 0.3 is 0 Å². The van der Waals surface area contributed by atoms with E-state index in [1.54, 1.807) is 28.8 Å². The van der Waals surface area contributed by atoms with Gasteiger partial charge in [-0.1, -0.05) is 19.3 Å². The minimum absolute atomic E-state index is 0.0255. The van der Waals surface area contributed by atoms with Crippen molar-refractivity contribution >= 4 is 17.2 Å². The van der Waals surface area contributed by atoms with Crippen molar-refractivity contribution in [3.8, 4) is 6.07 Å². The predicted molar refractivity (Wildman–Crippen MR) is 74.5 cm³/mol. The fourth-order valence-electron chi connectivity index (χ4n) is 2.66. The molecule has 0 radical (unpaired) electrons. The molecule has 2 rings (SSSR count). The Morgan fingerprint density at radius 3 is 2.74 bits per heavy atom. The molecule has 0 aromatic carbocycles. The molecule has 0 unspecified atom stereocenters. The first-order valence-corrected chi connectivity index (χ1v) is 7.53. The summed E-state index contributed by atoms with van der Waals surface area (Å²) in [5, 5.41) is 9.43. The predicted octanol–water partition coefficient (Wildman–Crippen LogP) is 2.88. The van der Waals surface area contributed by atoms with Crippen LogP contribution >= 0.6 is 11.3 Å². The molecule has 1 aliphatic carbocycles. The van der Waals surface area contributed by atoms with E-state index in [1.807, 2.05) is 6.92 Å². The van der Waals surface area contributed by atoms with Crippen LogP contribution in [0.3, 0.4) is 0 Å². The number of nitrogens with zero attached hydrogens (tertiary/aromatic N) is 3. The topological polar surface area (TPSA) is 57.0 Å². The molecule has 0 atom stereocenters. The second-order valence-corrected chi connectivity index (χ2v) is 6.22. The average molecular weight is 277 g/mol. The summed E-state index contributed by atoms with van der Waals surface area (Å²) in [6, 6.07) is 2.29. The van der Waals surface area contributed by atoms with Crippen LogP contribution in [0.25, 0.3) is 0 Å². The van der Waals surface area contributed by atoms with E-state index in [1.165, 1.54) is 0 Å². The lowest BCUT2D eigenvalue weighted by Gasteiger charge is -2.33. The second kappa shape index (κ2) is 5.70. The summed E-state index contributed by atoms with van der Waals surface area (Å²) < 4.78 is 0. The smallest absolute Gasteiger partial charge is 0.243 e. The highest BCUT2D eigenvalue weighted by atomic mass is 32.1. The number of rotatable bonds is 3. The lowest BCUT2D eigenvalue weighted by Crippen LogP contribution is -2.42. The summed E-state index contributed by atoms with van der Waals surface area (Å²) in [5.41, 5.74) is 1.98. The van der Waals surface area contributed by atoms with Crippen LogP contribution in [0.4, 0.5) is 0 Å². The monoisotopic (exact) mass is 277 g/mol. The molecule has 0 bridgehead atoms. The Bertz CT molecular complexity index is 497. The van der Waals surface area contributed by atoms with Crippen LogP contribution in [0.2, 0.25) is 0 Å². The summed E-state index contributed by atoms with van der Waals surface area (Å²) in [6.45, 7) is 2.50. The van der Waals surface area contributed by atoms with E-state index < -0.39 is 5.41 Å². The van der Waals surface area contributed by atoms with Gasteiger partial charge in [-0.3, -0.25) is 4.79 Å². The number of aryl methyl sites for hydroxylation is 1. The van der Waals surface area contributed by atoms with Crippen LogP contribution in [0, 0.1) is 23.7 Å². The summed E-state index contributed by atoms with van der Waals surface area (Å²) in [5.74, 6) is -0.0255. The van der Waals surface area contributed by atoms with Crippen molar-refractivity contribution in [1.29, 1.82) is 5.26 Å². The summed E-state index contributed by atoms with van der Waals surface area (Å²) in [7, 11) is 1.79. The first kappa shape index (κ1) is 14.0. The molecule has 1 heterocycles. The van der Waals surface area contributed by atoms with E-state index >= 15 is 0 Å². The van der Waals surface area contributed by atoms with Crippen LogP contribution in [0.1, 0.15) is 42.7 Å². The lowest BCUT2D eigenvalue weighted by molar-refractivity contribution is -0.139. The highest BCUT2D eigenvalue weighted by Crippen LogP contribution is 2.37. The third kappa shape index (κ3) is 2.79. The standard InChI is InChI=1S/C14H19N3OS/c1-11-12(19-10-16-11)8-17(2)13(18)14(9-15)6-4-3-5-7-14/h10H,3-8H2,1-2H3. The molecule has 1 saturated carbocycles. The number of hydrogen-bond donors (Lipinski definition) is 0. The highest BCUT2D eigenvalue weighted by molar-refractivity contribution is 7.09. The molecule has 1 aliphatic rings. The van der Waals surface area contributed by atoms with E-state index in [2.05, 4.69) is 11.1 Å². The van der Waals surface area contributed by atoms with Crippen molar-refractivity contribution in [2.75, 3.05) is 7.05 Å². The van der Waals surface area contributed by atoms with Gasteiger partial charge in [0.25, 0.3) is 0 Å². The molecule has 4 nitrogen and oxygen atoms in total. The van der Waals surface area contributed by atoms with Gasteiger partial charge in [0.05, 0.1) is 23.8 Å². The number of thiazole rings is 1. The van der Waals surface area contributed by atoms with Gasteiger partial charge in [-0.25, -0.2) is 4.98 Å². The maximum atomic E-state index is 12.6. The second-order valence-electron chi connectivity index (χ2n) is 5.28. The van der Waals surface area contributed by atoms with Crippen molar-refractivity contribution in [3.63, 3.8) is 0 Å². The minimum atomic E-state index is -0.786. The maximum absolute atomic E-state index is 12.6. The van der Waals surface area contributed by atoms with E-state index in [-0.39, 0.29) is 5.91 Å². The Morgan fingerprint density at radius 2 is 2.21 bits per heavy atom. The van der Waals surface area contributed by atoms with E-state index in [9.17, 15) is 10.1 Å². The van der Waals surface area contributed by atoms with E-state index in [0.29, 0.717) is 19.4 Å².